The van der Waals surface area contributed by atoms with E-state index in [0.717, 1.165) is 46.4 Å². The summed E-state index contributed by atoms with van der Waals surface area (Å²) < 4.78 is 8.46. The van der Waals surface area contributed by atoms with Crippen LogP contribution in [0.15, 0.2) is 84.9 Å². The molecule has 1 aliphatic carbocycles. The van der Waals surface area contributed by atoms with E-state index in [0.29, 0.717) is 27.9 Å². The number of imidazole rings is 1. The van der Waals surface area contributed by atoms with Crippen molar-refractivity contribution < 1.29 is 19.4 Å². The first kappa shape index (κ1) is 30.1. The fraction of sp³-hybridized carbons (Fsp3) is 0.206. The van der Waals surface area contributed by atoms with Crippen molar-refractivity contribution in [3.63, 3.8) is 0 Å². The van der Waals surface area contributed by atoms with Crippen molar-refractivity contribution in [2.75, 3.05) is 0 Å². The van der Waals surface area contributed by atoms with Crippen LogP contribution in [0.2, 0.25) is 5.02 Å². The summed E-state index contributed by atoms with van der Waals surface area (Å²) in [4.78, 5) is 28.4. The van der Waals surface area contributed by atoms with Crippen molar-refractivity contribution in [2.45, 2.75) is 44.8 Å². The van der Waals surface area contributed by atoms with Crippen LogP contribution < -0.4 is 10.5 Å². The van der Waals surface area contributed by atoms with E-state index in [1.165, 1.54) is 19.3 Å². The Bertz CT molecular complexity index is 1780. The summed E-state index contributed by atoms with van der Waals surface area (Å²) >= 11 is 6.08. The van der Waals surface area contributed by atoms with Crippen molar-refractivity contribution in [3.8, 4) is 28.3 Å². The van der Waals surface area contributed by atoms with E-state index in [4.69, 9.17) is 27.1 Å². The normalized spacial score (nSPS) is 13.4. The predicted octanol–water partition coefficient (Wildman–Crippen LogP) is 8.33. The van der Waals surface area contributed by atoms with E-state index in [1.807, 2.05) is 60.7 Å². The van der Waals surface area contributed by atoms with Crippen molar-refractivity contribution in [1.29, 1.82) is 0 Å². The molecule has 0 atom stereocenters. The van der Waals surface area contributed by atoms with Gasteiger partial charge >= 0.3 is 5.97 Å². The van der Waals surface area contributed by atoms with Crippen LogP contribution in [0, 0.1) is 0 Å². The first-order chi connectivity index (χ1) is 20.4. The first-order valence-corrected chi connectivity index (χ1v) is 14.4. The van der Waals surface area contributed by atoms with E-state index < -0.39 is 11.9 Å². The van der Waals surface area contributed by atoms with Gasteiger partial charge in [0, 0.05) is 22.2 Å². The molecule has 0 saturated heterocycles. The highest BCUT2D eigenvalue weighted by atomic mass is 35.5. The van der Waals surface area contributed by atoms with Crippen molar-refractivity contribution in [1.82, 2.24) is 9.55 Å². The molecule has 0 radical (unpaired) electrons. The number of fused-ring (bicyclic) bond motifs is 1. The molecule has 6 rings (SSSR count). The van der Waals surface area contributed by atoms with Crippen LogP contribution in [-0.4, -0.2) is 26.5 Å². The number of nitrogens with zero attached hydrogens (tertiary/aromatic N) is 2. The van der Waals surface area contributed by atoms with Crippen LogP contribution in [0.5, 0.6) is 5.75 Å². The zero-order valence-electron chi connectivity index (χ0n) is 23.3. The van der Waals surface area contributed by atoms with Crippen molar-refractivity contribution in [2.24, 2.45) is 5.73 Å². The molecule has 0 bridgehead atoms. The van der Waals surface area contributed by atoms with Gasteiger partial charge < -0.3 is 20.1 Å². The Morgan fingerprint density at radius 2 is 1.56 bits per heavy atom. The van der Waals surface area contributed by atoms with Crippen LogP contribution in [0.4, 0.5) is 0 Å². The standard InChI is InChI=1S/C34H30ClN3O4.ClH/c35-26-12-6-21(7-13-26)29-16-10-23(32(36)39)18-25(29)20-42-28-14-8-22(9-15-28)33-37-30-19-24(34(40)41)11-17-31(30)38(33)27-4-2-1-3-5-27;/h6-19,27H,1-5,20H2,(H2,36,39)(H,40,41);1H. The number of benzene rings is 4. The molecule has 1 aromatic heterocycles. The monoisotopic (exact) mass is 615 g/mol. The van der Waals surface area contributed by atoms with Gasteiger partial charge in [0.05, 0.1) is 16.6 Å². The second-order valence-electron chi connectivity index (χ2n) is 10.7. The Kier molecular flexibility index (Phi) is 9.04. The van der Waals surface area contributed by atoms with Crippen LogP contribution in [0.1, 0.15) is 64.4 Å². The summed E-state index contributed by atoms with van der Waals surface area (Å²) in [6.07, 6.45) is 5.70. The topological polar surface area (TPSA) is 107 Å². The number of primary amides is 1. The van der Waals surface area contributed by atoms with Gasteiger partial charge in [-0.3, -0.25) is 4.79 Å². The van der Waals surface area contributed by atoms with Crippen molar-refractivity contribution >= 4 is 46.9 Å². The Morgan fingerprint density at radius 1 is 0.884 bits per heavy atom. The third kappa shape index (κ3) is 6.38. The number of aromatic nitrogens is 2. The highest BCUT2D eigenvalue weighted by molar-refractivity contribution is 6.30. The summed E-state index contributed by atoms with van der Waals surface area (Å²) in [5.74, 6) is 0.0243. The number of rotatable bonds is 8. The van der Waals surface area contributed by atoms with Crippen molar-refractivity contribution in [3.05, 3.63) is 107 Å². The van der Waals surface area contributed by atoms with Crippen LogP contribution in [0.25, 0.3) is 33.5 Å². The Hall–Kier alpha value is -4.33. The van der Waals surface area contributed by atoms with Crippen LogP contribution >= 0.6 is 24.0 Å². The fourth-order valence-corrected chi connectivity index (χ4v) is 5.91. The maximum absolute atomic E-state index is 11.9. The molecule has 5 aromatic rings. The Labute approximate surface area is 260 Å². The average Bonchev–Trinajstić information content (AvgIpc) is 3.40. The quantitative estimate of drug-likeness (QED) is 0.182. The number of halogens is 2. The molecule has 1 heterocycles. The van der Waals surface area contributed by atoms with E-state index in [9.17, 15) is 14.7 Å². The van der Waals surface area contributed by atoms with E-state index in [2.05, 4.69) is 4.57 Å². The summed E-state index contributed by atoms with van der Waals surface area (Å²) in [7, 11) is 0. The molecule has 0 spiro atoms. The number of nitrogens with two attached hydrogens (primary N) is 1. The Morgan fingerprint density at radius 3 is 2.23 bits per heavy atom. The maximum atomic E-state index is 11.9. The minimum absolute atomic E-state index is 0. The summed E-state index contributed by atoms with van der Waals surface area (Å²) in [6, 6.07) is 26.1. The lowest BCUT2D eigenvalue weighted by molar-refractivity contribution is 0.0696. The minimum atomic E-state index is -0.965. The first-order valence-electron chi connectivity index (χ1n) is 14.0. The molecular formula is C34H31Cl2N3O4. The molecule has 3 N–H and O–H groups in total. The molecule has 4 aromatic carbocycles. The third-order valence-corrected chi connectivity index (χ3v) is 8.18. The number of amides is 1. The number of carboxylic acid groups (broad SMARTS) is 1. The molecule has 1 saturated carbocycles. The molecule has 1 amide bonds. The molecule has 7 nitrogen and oxygen atoms in total. The highest BCUT2D eigenvalue weighted by Gasteiger charge is 2.23. The summed E-state index contributed by atoms with van der Waals surface area (Å²) in [6.45, 7) is 0.233. The van der Waals surface area contributed by atoms with Crippen LogP contribution in [0.3, 0.4) is 0 Å². The fourth-order valence-electron chi connectivity index (χ4n) is 5.78. The number of carbonyl (C=O) groups excluding carboxylic acids is 1. The van der Waals surface area contributed by atoms with E-state index in [-0.39, 0.29) is 24.6 Å². The number of hydrogen-bond donors (Lipinski definition) is 2. The second-order valence-corrected chi connectivity index (χ2v) is 11.1. The molecule has 43 heavy (non-hydrogen) atoms. The van der Waals surface area contributed by atoms with Gasteiger partial charge in [0.1, 0.15) is 18.2 Å². The SMILES string of the molecule is Cl.NC(=O)c1ccc(-c2ccc(Cl)cc2)c(COc2ccc(-c3nc4cc(C(=O)O)ccc4n3C3CCCCC3)cc2)c1. The van der Waals surface area contributed by atoms with Gasteiger partial charge in [0.25, 0.3) is 0 Å². The van der Waals surface area contributed by atoms with Gasteiger partial charge in [-0.2, -0.15) is 0 Å². The van der Waals surface area contributed by atoms with Gasteiger partial charge in [-0.1, -0.05) is 49.1 Å². The van der Waals surface area contributed by atoms with Gasteiger partial charge in [0.2, 0.25) is 5.91 Å². The lowest BCUT2D eigenvalue weighted by atomic mass is 9.95. The molecule has 220 valence electrons. The molecule has 9 heteroatoms. The maximum Gasteiger partial charge on any atom is 0.335 e. The van der Waals surface area contributed by atoms with Crippen LogP contribution in [-0.2, 0) is 6.61 Å². The Balaban J connectivity index is 0.00000368. The number of ether oxygens (including phenoxy) is 1. The summed E-state index contributed by atoms with van der Waals surface area (Å²) in [5.41, 5.74) is 11.5. The smallest absolute Gasteiger partial charge is 0.335 e. The molecule has 0 unspecified atom stereocenters. The van der Waals surface area contributed by atoms with Gasteiger partial charge in [-0.15, -0.1) is 12.4 Å². The molecule has 1 fully saturated rings. The number of carbonyl (C=O) groups is 2. The number of carboxylic acids is 1. The number of hydrogen-bond acceptors (Lipinski definition) is 4. The zero-order chi connectivity index (χ0) is 29.2. The largest absolute Gasteiger partial charge is 0.489 e. The summed E-state index contributed by atoms with van der Waals surface area (Å²) in [5, 5.41) is 10.2. The number of aromatic carboxylic acids is 1. The van der Waals surface area contributed by atoms with E-state index in [1.54, 1.807) is 24.3 Å². The van der Waals surface area contributed by atoms with Gasteiger partial charge in [0.15, 0.2) is 0 Å². The zero-order valence-corrected chi connectivity index (χ0v) is 24.9. The highest BCUT2D eigenvalue weighted by Crippen LogP contribution is 2.37. The lowest BCUT2D eigenvalue weighted by Gasteiger charge is -2.25. The van der Waals surface area contributed by atoms with Gasteiger partial charge in [-0.25, -0.2) is 9.78 Å². The van der Waals surface area contributed by atoms with E-state index >= 15 is 0 Å². The molecule has 0 aliphatic heterocycles. The minimum Gasteiger partial charge on any atom is -0.489 e. The second kappa shape index (κ2) is 12.9. The predicted molar refractivity (Wildman–Crippen MR) is 171 cm³/mol. The molecular weight excluding hydrogens is 585 g/mol. The third-order valence-electron chi connectivity index (χ3n) is 7.93. The van der Waals surface area contributed by atoms with Gasteiger partial charge in [-0.05, 0) is 96.3 Å². The average molecular weight is 617 g/mol. The molecule has 1 aliphatic rings. The lowest BCUT2D eigenvalue weighted by Crippen LogP contribution is -2.14.